The molecule has 0 saturated heterocycles. The van der Waals surface area contributed by atoms with E-state index in [0.717, 1.165) is 30.6 Å². The first-order valence-corrected chi connectivity index (χ1v) is 7.97. The smallest absolute Gasteiger partial charge is 0.329 e. The second-order valence-electron chi connectivity index (χ2n) is 5.30. The van der Waals surface area contributed by atoms with E-state index in [0.29, 0.717) is 28.0 Å². The van der Waals surface area contributed by atoms with E-state index in [1.54, 1.807) is 12.1 Å². The highest BCUT2D eigenvalue weighted by atomic mass is 35.5. The molecule has 2 rings (SSSR count). The van der Waals surface area contributed by atoms with Crippen LogP contribution in [0.5, 0.6) is 0 Å². The van der Waals surface area contributed by atoms with Crippen molar-refractivity contribution in [3.05, 3.63) is 21.3 Å². The molecule has 1 aromatic heterocycles. The molecule has 0 bridgehead atoms. The van der Waals surface area contributed by atoms with E-state index in [1.807, 2.05) is 0 Å². The minimum atomic E-state index is -1.13. The Balaban J connectivity index is 2.10. The van der Waals surface area contributed by atoms with Crippen molar-refractivity contribution in [2.45, 2.75) is 44.6 Å². The molecule has 1 amide bonds. The number of carboxylic acid groups (broad SMARTS) is 1. The number of hydrogen-bond acceptors (Lipinski definition) is 3. The van der Waals surface area contributed by atoms with Gasteiger partial charge in [0.1, 0.15) is 5.54 Å². The van der Waals surface area contributed by atoms with Crippen LogP contribution in [0.15, 0.2) is 12.1 Å². The largest absolute Gasteiger partial charge is 0.480 e. The van der Waals surface area contributed by atoms with Gasteiger partial charge in [0.25, 0.3) is 5.91 Å². The van der Waals surface area contributed by atoms with Crippen molar-refractivity contribution in [3.63, 3.8) is 0 Å². The van der Waals surface area contributed by atoms with E-state index < -0.39 is 11.5 Å². The number of thiophene rings is 1. The molecule has 20 heavy (non-hydrogen) atoms. The number of carbonyl (C=O) groups is 2. The molecule has 1 aliphatic carbocycles. The van der Waals surface area contributed by atoms with Gasteiger partial charge in [-0.3, -0.25) is 4.79 Å². The normalized spacial score (nSPS) is 26.2. The van der Waals surface area contributed by atoms with Crippen LogP contribution < -0.4 is 5.32 Å². The van der Waals surface area contributed by atoms with Gasteiger partial charge >= 0.3 is 5.97 Å². The lowest BCUT2D eigenvalue weighted by molar-refractivity contribution is -0.146. The van der Waals surface area contributed by atoms with Crippen LogP contribution in [0.4, 0.5) is 0 Å². The van der Waals surface area contributed by atoms with E-state index in [9.17, 15) is 14.7 Å². The van der Waals surface area contributed by atoms with Gasteiger partial charge in [0.05, 0.1) is 9.21 Å². The standard InChI is InChI=1S/C14H18ClNO3S/c1-2-9-5-7-14(8-6-9,13(18)19)16-12(17)10-3-4-11(15)20-10/h3-4,9H,2,5-8H2,1H3,(H,16,17)(H,18,19). The van der Waals surface area contributed by atoms with Crippen LogP contribution in [0.2, 0.25) is 4.34 Å². The maximum absolute atomic E-state index is 12.2. The molecule has 0 atom stereocenters. The minimum Gasteiger partial charge on any atom is -0.480 e. The Labute approximate surface area is 127 Å². The second kappa shape index (κ2) is 6.14. The fourth-order valence-corrected chi connectivity index (χ4v) is 3.62. The van der Waals surface area contributed by atoms with Gasteiger partial charge < -0.3 is 10.4 Å². The van der Waals surface area contributed by atoms with E-state index in [-0.39, 0.29) is 5.91 Å². The first-order valence-electron chi connectivity index (χ1n) is 6.78. The van der Waals surface area contributed by atoms with Crippen LogP contribution in [0.3, 0.4) is 0 Å². The number of carboxylic acids is 1. The second-order valence-corrected chi connectivity index (χ2v) is 7.01. The van der Waals surface area contributed by atoms with Crippen LogP contribution >= 0.6 is 22.9 Å². The molecule has 110 valence electrons. The van der Waals surface area contributed by atoms with Gasteiger partial charge in [-0.2, -0.15) is 0 Å². The van der Waals surface area contributed by atoms with Gasteiger partial charge in [-0.1, -0.05) is 24.9 Å². The Morgan fingerprint density at radius 1 is 1.45 bits per heavy atom. The number of nitrogens with one attached hydrogen (secondary N) is 1. The zero-order valence-corrected chi connectivity index (χ0v) is 12.9. The summed E-state index contributed by atoms with van der Waals surface area (Å²) >= 11 is 6.96. The minimum absolute atomic E-state index is 0.348. The summed E-state index contributed by atoms with van der Waals surface area (Å²) in [5.74, 6) is -0.724. The van der Waals surface area contributed by atoms with Crippen LogP contribution in [0, 0.1) is 5.92 Å². The van der Waals surface area contributed by atoms with Crippen molar-refractivity contribution in [2.24, 2.45) is 5.92 Å². The molecule has 0 aliphatic heterocycles. The first kappa shape index (κ1) is 15.3. The first-order chi connectivity index (χ1) is 9.47. The highest BCUT2D eigenvalue weighted by molar-refractivity contribution is 7.18. The van der Waals surface area contributed by atoms with Gasteiger partial charge in [0.2, 0.25) is 0 Å². The molecule has 0 spiro atoms. The van der Waals surface area contributed by atoms with Crippen molar-refractivity contribution >= 4 is 34.8 Å². The molecule has 0 aromatic carbocycles. The van der Waals surface area contributed by atoms with Crippen molar-refractivity contribution in [2.75, 3.05) is 0 Å². The van der Waals surface area contributed by atoms with Gasteiger partial charge in [0, 0.05) is 0 Å². The molecular weight excluding hydrogens is 298 g/mol. The summed E-state index contributed by atoms with van der Waals surface area (Å²) in [7, 11) is 0. The molecular formula is C14H18ClNO3S. The average molecular weight is 316 g/mol. The number of amides is 1. The number of hydrogen-bond donors (Lipinski definition) is 2. The molecule has 1 fully saturated rings. The summed E-state index contributed by atoms with van der Waals surface area (Å²) in [6.45, 7) is 2.12. The summed E-state index contributed by atoms with van der Waals surface area (Å²) in [6, 6.07) is 3.26. The topological polar surface area (TPSA) is 66.4 Å². The van der Waals surface area contributed by atoms with Crippen molar-refractivity contribution in [3.8, 4) is 0 Å². The van der Waals surface area contributed by atoms with Crippen molar-refractivity contribution in [1.29, 1.82) is 0 Å². The highest BCUT2D eigenvalue weighted by Crippen LogP contribution is 2.34. The fraction of sp³-hybridized carbons (Fsp3) is 0.571. The number of halogens is 1. The van der Waals surface area contributed by atoms with Gasteiger partial charge in [-0.25, -0.2) is 4.79 Å². The highest BCUT2D eigenvalue weighted by Gasteiger charge is 2.43. The lowest BCUT2D eigenvalue weighted by Crippen LogP contribution is -2.56. The molecule has 1 saturated carbocycles. The van der Waals surface area contributed by atoms with Crippen LogP contribution in [0.25, 0.3) is 0 Å². The van der Waals surface area contributed by atoms with Crippen LogP contribution in [0.1, 0.15) is 48.7 Å². The molecule has 4 nitrogen and oxygen atoms in total. The molecule has 1 aromatic rings. The Hall–Kier alpha value is -1.07. The summed E-state index contributed by atoms with van der Waals surface area (Å²) in [5, 5.41) is 12.2. The van der Waals surface area contributed by atoms with Gasteiger partial charge in [0.15, 0.2) is 0 Å². The van der Waals surface area contributed by atoms with E-state index in [1.165, 1.54) is 0 Å². The predicted octanol–water partition coefficient (Wildman–Crippen LogP) is 3.55. The summed E-state index contributed by atoms with van der Waals surface area (Å²) < 4.78 is 0.522. The zero-order chi connectivity index (χ0) is 14.8. The van der Waals surface area contributed by atoms with E-state index in [2.05, 4.69) is 12.2 Å². The summed E-state index contributed by atoms with van der Waals surface area (Å²) in [5.41, 5.74) is -1.13. The molecule has 6 heteroatoms. The molecule has 0 unspecified atom stereocenters. The fourth-order valence-electron chi connectivity index (χ4n) is 2.69. The third-order valence-electron chi connectivity index (χ3n) is 4.10. The lowest BCUT2D eigenvalue weighted by atomic mass is 9.75. The maximum Gasteiger partial charge on any atom is 0.329 e. The third kappa shape index (κ3) is 3.15. The lowest BCUT2D eigenvalue weighted by Gasteiger charge is -2.37. The Morgan fingerprint density at radius 3 is 2.55 bits per heavy atom. The predicted molar refractivity (Wildman–Crippen MR) is 79.4 cm³/mol. The molecule has 1 aliphatic rings. The summed E-state index contributed by atoms with van der Waals surface area (Å²) in [6.07, 6.45) is 3.73. The third-order valence-corrected chi connectivity index (χ3v) is 5.33. The number of aliphatic carboxylic acids is 1. The van der Waals surface area contributed by atoms with Crippen molar-refractivity contribution < 1.29 is 14.7 Å². The number of rotatable bonds is 4. The van der Waals surface area contributed by atoms with Crippen LogP contribution in [-0.4, -0.2) is 22.5 Å². The molecule has 1 heterocycles. The zero-order valence-electron chi connectivity index (χ0n) is 11.3. The van der Waals surface area contributed by atoms with Gasteiger partial charge in [-0.15, -0.1) is 11.3 Å². The van der Waals surface area contributed by atoms with Gasteiger partial charge in [-0.05, 0) is 43.7 Å². The maximum atomic E-state index is 12.2. The Morgan fingerprint density at radius 2 is 2.10 bits per heavy atom. The molecule has 0 radical (unpaired) electrons. The van der Waals surface area contributed by atoms with E-state index in [4.69, 9.17) is 11.6 Å². The Bertz CT molecular complexity index is 506. The molecule has 2 N–H and O–H groups in total. The average Bonchev–Trinajstić information content (AvgIpc) is 2.86. The monoisotopic (exact) mass is 315 g/mol. The van der Waals surface area contributed by atoms with E-state index >= 15 is 0 Å². The number of carbonyl (C=O) groups excluding carboxylic acids is 1. The SMILES string of the molecule is CCC1CCC(NC(=O)c2ccc(Cl)s2)(C(=O)O)CC1. The van der Waals surface area contributed by atoms with Crippen LogP contribution in [-0.2, 0) is 4.79 Å². The quantitative estimate of drug-likeness (QED) is 0.893. The summed E-state index contributed by atoms with van der Waals surface area (Å²) in [4.78, 5) is 24.2. The Kier molecular flexibility index (Phi) is 4.70. The van der Waals surface area contributed by atoms with Crippen molar-refractivity contribution in [1.82, 2.24) is 5.32 Å².